The first kappa shape index (κ1) is 39.0. The first-order chi connectivity index (χ1) is 28.6. The van der Waals surface area contributed by atoms with Gasteiger partial charge in [0.05, 0.1) is 21.7 Å². The number of hydrogen-bond acceptors (Lipinski definition) is 10. The molecule has 1 N–H and O–H groups in total. The van der Waals surface area contributed by atoms with Crippen LogP contribution in [-0.2, 0) is 9.59 Å². The number of hydrogen-bond donors (Lipinski definition) is 1. The van der Waals surface area contributed by atoms with Crippen molar-refractivity contribution >= 4 is 52.5 Å². The van der Waals surface area contributed by atoms with Gasteiger partial charge in [0.1, 0.15) is 24.0 Å². The van der Waals surface area contributed by atoms with E-state index >= 15 is 0 Å². The van der Waals surface area contributed by atoms with Gasteiger partial charge in [-0.1, -0.05) is 18.0 Å². The summed E-state index contributed by atoms with van der Waals surface area (Å²) in [5.74, 6) is -0.157. The number of benzene rings is 3. The van der Waals surface area contributed by atoms with Crippen molar-refractivity contribution in [2.45, 2.75) is 57.1 Å². The first-order valence-corrected chi connectivity index (χ1v) is 21.3. The zero-order valence-electron chi connectivity index (χ0n) is 33.0. The van der Waals surface area contributed by atoms with Crippen molar-refractivity contribution in [3.63, 3.8) is 0 Å². The summed E-state index contributed by atoms with van der Waals surface area (Å²) in [6.07, 6.45) is 5.47. The molecule has 0 aromatic heterocycles. The summed E-state index contributed by atoms with van der Waals surface area (Å²) in [7, 11) is 0. The fourth-order valence-corrected chi connectivity index (χ4v) is 10.4. The Kier molecular flexibility index (Phi) is 10.8. The molecule has 0 spiro atoms. The summed E-state index contributed by atoms with van der Waals surface area (Å²) in [6, 6.07) is 19.8. The zero-order valence-corrected chi connectivity index (χ0v) is 33.7. The maximum Gasteiger partial charge on any atom is 0.262 e. The van der Waals surface area contributed by atoms with Crippen molar-refractivity contribution in [2.75, 3.05) is 68.7 Å². The van der Waals surface area contributed by atoms with Crippen LogP contribution in [0.25, 0.3) is 0 Å². The molecule has 4 saturated heterocycles. The Morgan fingerprint density at radius 3 is 2.14 bits per heavy atom. The number of fused-ring (bicyclic) bond motifs is 3. The highest BCUT2D eigenvalue weighted by molar-refractivity contribution is 6.31. The van der Waals surface area contributed by atoms with Gasteiger partial charge in [-0.3, -0.25) is 39.1 Å². The summed E-state index contributed by atoms with van der Waals surface area (Å²) < 4.78 is 6.45. The highest BCUT2D eigenvalue weighted by Gasteiger charge is 2.45. The summed E-state index contributed by atoms with van der Waals surface area (Å²) in [5, 5.41) is 11.9. The Morgan fingerprint density at radius 1 is 0.780 bits per heavy atom. The van der Waals surface area contributed by atoms with E-state index < -0.39 is 23.8 Å². The quantitative estimate of drug-likeness (QED) is 0.310. The molecule has 1 aliphatic carbocycles. The van der Waals surface area contributed by atoms with Crippen LogP contribution in [0.15, 0.2) is 60.7 Å². The number of likely N-dealkylation sites (tertiary alicyclic amines) is 1. The second-order valence-electron chi connectivity index (χ2n) is 16.9. The van der Waals surface area contributed by atoms with Crippen LogP contribution < -0.4 is 19.9 Å². The third-order valence-corrected chi connectivity index (χ3v) is 13.7. The smallest absolute Gasteiger partial charge is 0.262 e. The van der Waals surface area contributed by atoms with Crippen molar-refractivity contribution in [1.82, 2.24) is 20.0 Å². The van der Waals surface area contributed by atoms with E-state index in [2.05, 4.69) is 38.2 Å². The molecule has 3 aromatic carbocycles. The fraction of sp³-hybridized carbons (Fsp3) is 0.467. The minimum Gasteiger partial charge on any atom is -0.490 e. The van der Waals surface area contributed by atoms with Gasteiger partial charge >= 0.3 is 0 Å². The van der Waals surface area contributed by atoms with Crippen molar-refractivity contribution in [3.8, 4) is 11.8 Å². The molecule has 9 rings (SSSR count). The minimum absolute atomic E-state index is 0.0196. The molecule has 3 unspecified atom stereocenters. The Bertz CT molecular complexity index is 2200. The number of nitrogens with one attached hydrogen (secondary N) is 1. The number of anilines is 2. The number of halogens is 1. The maximum absolute atomic E-state index is 13.8. The number of piperazine rings is 1. The van der Waals surface area contributed by atoms with E-state index in [0.717, 1.165) is 94.2 Å². The number of nitriles is 1. The van der Waals surface area contributed by atoms with Gasteiger partial charge in [0.2, 0.25) is 11.8 Å². The van der Waals surface area contributed by atoms with Crippen molar-refractivity contribution < 1.29 is 28.7 Å². The Balaban J connectivity index is 0.732. The number of ether oxygens (including phenoxy) is 1. The minimum atomic E-state index is -0.969. The molecule has 5 heterocycles. The molecule has 0 radical (unpaired) electrons. The van der Waals surface area contributed by atoms with Gasteiger partial charge in [0, 0.05) is 100 Å². The fourth-order valence-electron chi connectivity index (χ4n) is 10.1. The lowest BCUT2D eigenvalue weighted by Crippen LogP contribution is -2.55. The molecule has 306 valence electrons. The monoisotopic (exact) mass is 817 g/mol. The summed E-state index contributed by atoms with van der Waals surface area (Å²) in [5.41, 5.74) is 3.79. The molecule has 3 aromatic rings. The van der Waals surface area contributed by atoms with Crippen LogP contribution in [0.5, 0.6) is 5.75 Å². The number of piperidine rings is 3. The van der Waals surface area contributed by atoms with Gasteiger partial charge in [-0.15, -0.1) is 0 Å². The molecular formula is C45H48ClN7O6. The molecule has 5 fully saturated rings. The molecule has 3 atom stereocenters. The van der Waals surface area contributed by atoms with E-state index in [4.69, 9.17) is 16.3 Å². The third kappa shape index (κ3) is 7.76. The average Bonchev–Trinajstić information content (AvgIpc) is 3.49. The van der Waals surface area contributed by atoms with E-state index in [9.17, 15) is 29.2 Å². The van der Waals surface area contributed by atoms with E-state index in [1.807, 2.05) is 29.2 Å². The van der Waals surface area contributed by atoms with Crippen LogP contribution in [0.2, 0.25) is 5.02 Å². The predicted octanol–water partition coefficient (Wildman–Crippen LogP) is 4.97. The first-order valence-electron chi connectivity index (χ1n) is 21.0. The zero-order chi connectivity index (χ0) is 40.8. The van der Waals surface area contributed by atoms with Crippen molar-refractivity contribution in [1.29, 1.82) is 5.26 Å². The predicted molar refractivity (Wildman–Crippen MR) is 220 cm³/mol. The van der Waals surface area contributed by atoms with E-state index in [1.54, 1.807) is 24.3 Å². The van der Waals surface area contributed by atoms with E-state index in [-0.39, 0.29) is 42.6 Å². The van der Waals surface area contributed by atoms with Crippen molar-refractivity contribution in [2.24, 2.45) is 17.8 Å². The van der Waals surface area contributed by atoms with Crippen LogP contribution in [0.3, 0.4) is 0 Å². The van der Waals surface area contributed by atoms with E-state index in [0.29, 0.717) is 52.0 Å². The molecule has 13 nitrogen and oxygen atoms in total. The SMILES string of the molecule is N#Cc1ccc(OC2C3CCCC2CN(C(=O)c2ccc(N4CCN(CC5CCN(c6ccc7c(c6)C(=O)N(C6CCC(=O)NC6=O)C7=O)CC5)CC4)cc2)C3)cc1Cl. The second-order valence-corrected chi connectivity index (χ2v) is 17.3. The lowest BCUT2D eigenvalue weighted by Gasteiger charge is -2.47. The standard InChI is InChI=1S/C45H48ClN7O6/c46-38-23-35(10-6-30(38)24-47)59-41-31-2-1-3-32(41)27-52(26-31)43(56)29-4-7-33(8-5-29)51-20-18-49(19-21-51)25-28-14-16-50(17-15-28)34-9-11-36-37(22-34)45(58)53(44(36)57)39-12-13-40(54)48-42(39)55/h4-11,22-23,28,31-32,39,41H,1-3,12-21,25-27H2,(H,48,54,55). The molecule has 5 amide bonds. The van der Waals surface area contributed by atoms with Crippen LogP contribution >= 0.6 is 11.6 Å². The third-order valence-electron chi connectivity index (χ3n) is 13.4. The second kappa shape index (κ2) is 16.3. The van der Waals surface area contributed by atoms with Gasteiger partial charge in [-0.25, -0.2) is 0 Å². The highest BCUT2D eigenvalue weighted by atomic mass is 35.5. The van der Waals surface area contributed by atoms with Crippen LogP contribution in [-0.4, -0.2) is 115 Å². The lowest BCUT2D eigenvalue weighted by molar-refractivity contribution is -0.136. The van der Waals surface area contributed by atoms with Gasteiger partial charge < -0.3 is 19.4 Å². The highest BCUT2D eigenvalue weighted by Crippen LogP contribution is 2.39. The van der Waals surface area contributed by atoms with E-state index in [1.165, 1.54) is 0 Å². The number of rotatable bonds is 8. The number of carbonyl (C=O) groups excluding carboxylic acids is 5. The Labute approximate surface area is 348 Å². The Hall–Kier alpha value is -5.45. The van der Waals surface area contributed by atoms with Gasteiger partial charge in [0.25, 0.3) is 17.7 Å². The molecular weight excluding hydrogens is 770 g/mol. The topological polar surface area (TPSA) is 147 Å². The number of amides is 5. The average molecular weight is 818 g/mol. The molecule has 14 heteroatoms. The van der Waals surface area contributed by atoms with Gasteiger partial charge in [-0.2, -0.15) is 5.26 Å². The number of carbonyl (C=O) groups is 5. The Morgan fingerprint density at radius 2 is 1.46 bits per heavy atom. The molecule has 59 heavy (non-hydrogen) atoms. The summed E-state index contributed by atoms with van der Waals surface area (Å²) in [6.45, 7) is 7.87. The molecule has 5 aliphatic heterocycles. The number of imide groups is 2. The number of nitrogens with zero attached hydrogens (tertiary/aromatic N) is 6. The largest absolute Gasteiger partial charge is 0.490 e. The maximum atomic E-state index is 13.8. The summed E-state index contributed by atoms with van der Waals surface area (Å²) >= 11 is 6.28. The normalized spacial score (nSPS) is 25.2. The van der Waals surface area contributed by atoms with Gasteiger partial charge in [-0.05, 0) is 92.6 Å². The lowest BCUT2D eigenvalue weighted by atomic mass is 9.75. The molecule has 1 saturated carbocycles. The van der Waals surface area contributed by atoms with Crippen LogP contribution in [0, 0.1) is 29.1 Å². The summed E-state index contributed by atoms with van der Waals surface area (Å²) in [4.78, 5) is 74.6. The van der Waals surface area contributed by atoms with Crippen molar-refractivity contribution in [3.05, 3.63) is 87.9 Å². The molecule has 6 aliphatic rings. The van der Waals surface area contributed by atoms with Crippen LogP contribution in [0.1, 0.15) is 81.6 Å². The van der Waals surface area contributed by atoms with Crippen LogP contribution in [0.4, 0.5) is 11.4 Å². The van der Waals surface area contributed by atoms with Gasteiger partial charge in [0.15, 0.2) is 0 Å². The molecule has 2 bridgehead atoms.